The van der Waals surface area contributed by atoms with E-state index < -0.39 is 9.04 Å². The first kappa shape index (κ1) is 8.81. The van der Waals surface area contributed by atoms with Gasteiger partial charge in [-0.05, 0) is 41.2 Å². The molecule has 0 saturated heterocycles. The van der Waals surface area contributed by atoms with E-state index in [0.717, 1.165) is 10.2 Å². The van der Waals surface area contributed by atoms with Crippen molar-refractivity contribution in [2.45, 2.75) is 13.1 Å². The summed E-state index contributed by atoms with van der Waals surface area (Å²) in [5.41, 5.74) is 0. The summed E-state index contributed by atoms with van der Waals surface area (Å²) in [5.74, 6) is 0.950. The van der Waals surface area contributed by atoms with Crippen molar-refractivity contribution in [2.24, 2.45) is 0 Å². The highest BCUT2D eigenvalue weighted by molar-refractivity contribution is 9.10. The molecule has 0 unspecified atom stereocenters. The Morgan fingerprint density at radius 2 is 1.91 bits per heavy atom. The van der Waals surface area contributed by atoms with Gasteiger partial charge in [-0.1, -0.05) is 12.1 Å². The number of halogens is 1. The Hall–Kier alpha value is -0.283. The van der Waals surface area contributed by atoms with Gasteiger partial charge in [-0.3, -0.25) is 0 Å². The van der Waals surface area contributed by atoms with Gasteiger partial charge >= 0.3 is 0 Å². The normalized spacial score (nSPS) is 10.2. The first-order valence-electron chi connectivity index (χ1n) is 3.42. The summed E-state index contributed by atoms with van der Waals surface area (Å²) in [6, 6.07) is 7.92. The molecular formula is C8H10BrOSi. The standard InChI is InChI=1S/C8H10BrOSi/c1-11(2)10-8-6-4-3-5-7(8)9/h3-6H,1-2H3. The van der Waals surface area contributed by atoms with Gasteiger partial charge in [-0.25, -0.2) is 0 Å². The first-order chi connectivity index (χ1) is 5.20. The molecule has 1 nitrogen and oxygen atoms in total. The van der Waals surface area contributed by atoms with E-state index in [1.165, 1.54) is 0 Å². The van der Waals surface area contributed by atoms with Gasteiger partial charge in [-0.2, -0.15) is 0 Å². The average molecular weight is 230 g/mol. The molecular weight excluding hydrogens is 220 g/mol. The summed E-state index contributed by atoms with van der Waals surface area (Å²) in [6.45, 7) is 4.23. The molecule has 0 N–H and O–H groups in total. The molecule has 0 aliphatic carbocycles. The number of benzene rings is 1. The molecule has 1 rings (SSSR count). The minimum atomic E-state index is -0.639. The van der Waals surface area contributed by atoms with Crippen molar-refractivity contribution < 1.29 is 4.43 Å². The van der Waals surface area contributed by atoms with E-state index in [9.17, 15) is 0 Å². The van der Waals surface area contributed by atoms with Crippen molar-refractivity contribution in [1.82, 2.24) is 0 Å². The van der Waals surface area contributed by atoms with Gasteiger partial charge in [0.15, 0.2) is 0 Å². The molecule has 11 heavy (non-hydrogen) atoms. The quantitative estimate of drug-likeness (QED) is 0.709. The Bertz CT molecular complexity index is 237. The molecule has 1 aromatic rings. The van der Waals surface area contributed by atoms with E-state index in [0.29, 0.717) is 0 Å². The first-order valence-corrected chi connectivity index (χ1v) is 6.63. The highest BCUT2D eigenvalue weighted by atomic mass is 79.9. The zero-order valence-electron chi connectivity index (χ0n) is 6.60. The van der Waals surface area contributed by atoms with Crippen LogP contribution in [0.5, 0.6) is 5.75 Å². The molecule has 59 valence electrons. The van der Waals surface area contributed by atoms with E-state index in [1.807, 2.05) is 24.3 Å². The lowest BCUT2D eigenvalue weighted by Gasteiger charge is -2.09. The van der Waals surface area contributed by atoms with E-state index in [2.05, 4.69) is 29.0 Å². The van der Waals surface area contributed by atoms with Crippen molar-refractivity contribution in [3.63, 3.8) is 0 Å². The van der Waals surface area contributed by atoms with Gasteiger partial charge < -0.3 is 4.43 Å². The van der Waals surface area contributed by atoms with Crippen molar-refractivity contribution >= 4 is 25.0 Å². The average Bonchev–Trinajstić information content (AvgIpc) is 1.93. The van der Waals surface area contributed by atoms with Crippen LogP contribution in [0.15, 0.2) is 28.7 Å². The zero-order valence-corrected chi connectivity index (χ0v) is 9.18. The van der Waals surface area contributed by atoms with E-state index in [-0.39, 0.29) is 0 Å². The number of hydrogen-bond donors (Lipinski definition) is 0. The fourth-order valence-corrected chi connectivity index (χ4v) is 1.88. The van der Waals surface area contributed by atoms with Crippen LogP contribution in [-0.2, 0) is 0 Å². The predicted molar refractivity (Wildman–Crippen MR) is 52.3 cm³/mol. The van der Waals surface area contributed by atoms with Crippen LogP contribution >= 0.6 is 15.9 Å². The minimum absolute atomic E-state index is 0.639. The van der Waals surface area contributed by atoms with E-state index >= 15 is 0 Å². The maximum absolute atomic E-state index is 5.60. The fourth-order valence-electron chi connectivity index (χ4n) is 0.747. The molecule has 0 aliphatic rings. The van der Waals surface area contributed by atoms with Crippen LogP contribution in [0.25, 0.3) is 0 Å². The highest BCUT2D eigenvalue weighted by Crippen LogP contribution is 2.23. The molecule has 0 amide bonds. The summed E-state index contributed by atoms with van der Waals surface area (Å²) in [5, 5.41) is 0. The van der Waals surface area contributed by atoms with Gasteiger partial charge in [0.1, 0.15) is 5.75 Å². The lowest BCUT2D eigenvalue weighted by Crippen LogP contribution is -2.11. The lowest BCUT2D eigenvalue weighted by molar-refractivity contribution is 0.577. The Kier molecular flexibility index (Phi) is 3.14. The Balaban J connectivity index is 2.78. The highest BCUT2D eigenvalue weighted by Gasteiger charge is 2.02. The molecule has 0 aromatic heterocycles. The number of hydrogen-bond acceptors (Lipinski definition) is 1. The van der Waals surface area contributed by atoms with Crippen LogP contribution in [0.3, 0.4) is 0 Å². The maximum Gasteiger partial charge on any atom is 0.274 e. The second-order valence-electron chi connectivity index (χ2n) is 2.44. The second kappa shape index (κ2) is 3.92. The summed E-state index contributed by atoms with van der Waals surface area (Å²) in [6.07, 6.45) is 0. The summed E-state index contributed by atoms with van der Waals surface area (Å²) >= 11 is 3.42. The second-order valence-corrected chi connectivity index (χ2v) is 5.32. The van der Waals surface area contributed by atoms with Gasteiger partial charge in [0, 0.05) is 0 Å². The van der Waals surface area contributed by atoms with E-state index in [4.69, 9.17) is 4.43 Å². The third-order valence-electron chi connectivity index (χ3n) is 1.15. The molecule has 0 fully saturated rings. The number of para-hydroxylation sites is 1. The zero-order chi connectivity index (χ0) is 8.27. The molecule has 0 atom stereocenters. The fraction of sp³-hybridized carbons (Fsp3) is 0.250. The number of rotatable bonds is 2. The lowest BCUT2D eigenvalue weighted by atomic mass is 10.3. The minimum Gasteiger partial charge on any atom is -0.542 e. The molecule has 3 heteroatoms. The van der Waals surface area contributed by atoms with Crippen LogP contribution in [0.2, 0.25) is 13.1 Å². The molecule has 0 heterocycles. The maximum atomic E-state index is 5.60. The molecule has 0 bridgehead atoms. The Labute approximate surface area is 77.2 Å². The van der Waals surface area contributed by atoms with Gasteiger partial charge in [0.25, 0.3) is 9.04 Å². The smallest absolute Gasteiger partial charge is 0.274 e. The van der Waals surface area contributed by atoms with Gasteiger partial charge in [0.05, 0.1) is 4.47 Å². The van der Waals surface area contributed by atoms with Crippen LogP contribution in [0, 0.1) is 0 Å². The van der Waals surface area contributed by atoms with Crippen LogP contribution in [0.4, 0.5) is 0 Å². The topological polar surface area (TPSA) is 9.23 Å². The van der Waals surface area contributed by atoms with Gasteiger partial charge in [-0.15, -0.1) is 0 Å². The Morgan fingerprint density at radius 1 is 1.27 bits per heavy atom. The summed E-state index contributed by atoms with van der Waals surface area (Å²) < 4.78 is 6.63. The largest absolute Gasteiger partial charge is 0.542 e. The molecule has 0 aliphatic heterocycles. The molecule has 0 spiro atoms. The van der Waals surface area contributed by atoms with Crippen LogP contribution in [-0.4, -0.2) is 9.04 Å². The molecule has 1 radical (unpaired) electrons. The van der Waals surface area contributed by atoms with Gasteiger partial charge in [0.2, 0.25) is 0 Å². The predicted octanol–water partition coefficient (Wildman–Crippen LogP) is 3.08. The summed E-state index contributed by atoms with van der Waals surface area (Å²) in [4.78, 5) is 0. The van der Waals surface area contributed by atoms with E-state index in [1.54, 1.807) is 0 Å². The Morgan fingerprint density at radius 3 is 2.45 bits per heavy atom. The molecule has 0 saturated carbocycles. The van der Waals surface area contributed by atoms with Crippen LogP contribution < -0.4 is 4.43 Å². The van der Waals surface area contributed by atoms with Crippen molar-refractivity contribution in [2.75, 3.05) is 0 Å². The van der Waals surface area contributed by atoms with Crippen molar-refractivity contribution in [1.29, 1.82) is 0 Å². The monoisotopic (exact) mass is 229 g/mol. The van der Waals surface area contributed by atoms with Crippen molar-refractivity contribution in [3.8, 4) is 5.75 Å². The molecule has 1 aromatic carbocycles. The third kappa shape index (κ3) is 2.67. The summed E-state index contributed by atoms with van der Waals surface area (Å²) in [7, 11) is -0.639. The van der Waals surface area contributed by atoms with Crippen LogP contribution in [0.1, 0.15) is 0 Å². The third-order valence-corrected chi connectivity index (χ3v) is 2.43. The SMILES string of the molecule is C[Si](C)Oc1ccccc1Br. The van der Waals surface area contributed by atoms with Crippen molar-refractivity contribution in [3.05, 3.63) is 28.7 Å².